The summed E-state index contributed by atoms with van der Waals surface area (Å²) in [5.74, 6) is 0.629. The van der Waals surface area contributed by atoms with E-state index in [9.17, 15) is 10.1 Å². The molecule has 1 N–H and O–H groups in total. The lowest BCUT2D eigenvalue weighted by molar-refractivity contribution is -0.385. The molecule has 0 heterocycles. The van der Waals surface area contributed by atoms with Crippen molar-refractivity contribution in [2.45, 2.75) is 38.8 Å². The Labute approximate surface area is 106 Å². The summed E-state index contributed by atoms with van der Waals surface area (Å²) in [5.41, 5.74) is 0.726. The normalized spacial score (nSPS) is 22.3. The first kappa shape index (κ1) is 12.8. The van der Waals surface area contributed by atoms with Gasteiger partial charge in [-0.1, -0.05) is 13.0 Å². The van der Waals surface area contributed by atoms with Crippen molar-refractivity contribution in [1.82, 2.24) is 5.32 Å². The van der Waals surface area contributed by atoms with Crippen LogP contribution >= 0.6 is 0 Å². The molecule has 1 saturated carbocycles. The SMILES string of the molecule is CCNC1CC(Oc2cccc([N+](=O)[O-])c2C)C1. The lowest BCUT2D eigenvalue weighted by atomic mass is 9.89. The van der Waals surface area contributed by atoms with Gasteiger partial charge < -0.3 is 10.1 Å². The minimum atomic E-state index is -0.371. The van der Waals surface area contributed by atoms with Gasteiger partial charge in [-0.25, -0.2) is 0 Å². The Morgan fingerprint density at radius 2 is 2.22 bits per heavy atom. The summed E-state index contributed by atoms with van der Waals surface area (Å²) in [5, 5.41) is 14.2. The predicted molar refractivity (Wildman–Crippen MR) is 68.9 cm³/mol. The van der Waals surface area contributed by atoms with Gasteiger partial charge in [0.1, 0.15) is 11.9 Å². The number of hydrogen-bond donors (Lipinski definition) is 1. The molecule has 0 aromatic heterocycles. The molecule has 0 bridgehead atoms. The van der Waals surface area contributed by atoms with Gasteiger partial charge in [0.25, 0.3) is 5.69 Å². The van der Waals surface area contributed by atoms with Crippen LogP contribution in [-0.2, 0) is 0 Å². The number of benzene rings is 1. The first-order valence-corrected chi connectivity index (χ1v) is 6.25. The third-order valence-corrected chi connectivity index (χ3v) is 3.33. The van der Waals surface area contributed by atoms with Crippen molar-refractivity contribution >= 4 is 5.69 Å². The van der Waals surface area contributed by atoms with Crippen LogP contribution in [-0.4, -0.2) is 23.6 Å². The van der Waals surface area contributed by atoms with Crippen LogP contribution in [0.1, 0.15) is 25.3 Å². The number of rotatable bonds is 5. The molecule has 1 aromatic rings. The summed E-state index contributed by atoms with van der Waals surface area (Å²) in [6.07, 6.45) is 2.11. The van der Waals surface area contributed by atoms with E-state index < -0.39 is 0 Å². The summed E-state index contributed by atoms with van der Waals surface area (Å²) in [7, 11) is 0. The van der Waals surface area contributed by atoms with E-state index in [1.807, 2.05) is 0 Å². The van der Waals surface area contributed by atoms with Gasteiger partial charge in [-0.2, -0.15) is 0 Å². The number of nitro groups is 1. The second-order valence-electron chi connectivity index (χ2n) is 4.62. The zero-order valence-electron chi connectivity index (χ0n) is 10.7. The van der Waals surface area contributed by atoms with Gasteiger partial charge in [-0.3, -0.25) is 10.1 Å². The summed E-state index contributed by atoms with van der Waals surface area (Å²) < 4.78 is 5.80. The monoisotopic (exact) mass is 250 g/mol. The van der Waals surface area contributed by atoms with Crippen molar-refractivity contribution in [2.75, 3.05) is 6.54 Å². The maximum Gasteiger partial charge on any atom is 0.276 e. The van der Waals surface area contributed by atoms with E-state index in [4.69, 9.17) is 4.74 Å². The molecule has 0 amide bonds. The number of nitrogens with zero attached hydrogens (tertiary/aromatic N) is 1. The topological polar surface area (TPSA) is 64.4 Å². The van der Waals surface area contributed by atoms with E-state index in [0.29, 0.717) is 17.4 Å². The lowest BCUT2D eigenvalue weighted by Gasteiger charge is -2.36. The fourth-order valence-electron chi connectivity index (χ4n) is 2.23. The highest BCUT2D eigenvalue weighted by Gasteiger charge is 2.30. The smallest absolute Gasteiger partial charge is 0.276 e. The Hall–Kier alpha value is -1.62. The summed E-state index contributed by atoms with van der Waals surface area (Å²) >= 11 is 0. The number of hydrogen-bond acceptors (Lipinski definition) is 4. The van der Waals surface area contributed by atoms with Gasteiger partial charge in [-0.15, -0.1) is 0 Å². The molecule has 1 aliphatic carbocycles. The Morgan fingerprint density at radius 1 is 1.50 bits per heavy atom. The van der Waals surface area contributed by atoms with Gasteiger partial charge in [0.15, 0.2) is 0 Å². The molecule has 0 saturated heterocycles. The molecule has 0 unspecified atom stereocenters. The molecule has 1 aromatic carbocycles. The molecule has 1 fully saturated rings. The fraction of sp³-hybridized carbons (Fsp3) is 0.538. The predicted octanol–water partition coefficient (Wildman–Crippen LogP) is 2.42. The molecule has 5 nitrogen and oxygen atoms in total. The van der Waals surface area contributed by atoms with Crippen molar-refractivity contribution in [3.8, 4) is 5.75 Å². The van der Waals surface area contributed by atoms with Crippen LogP contribution in [0.2, 0.25) is 0 Å². The number of ether oxygens (including phenoxy) is 1. The van der Waals surface area contributed by atoms with E-state index in [-0.39, 0.29) is 16.7 Å². The standard InChI is InChI=1S/C13H18N2O3/c1-3-14-10-7-11(8-10)18-13-6-4-5-12(9(13)2)15(16)17/h4-6,10-11,14H,3,7-8H2,1-2H3. The van der Waals surface area contributed by atoms with E-state index in [1.54, 1.807) is 19.1 Å². The van der Waals surface area contributed by atoms with Crippen LogP contribution in [0.5, 0.6) is 5.75 Å². The average Bonchev–Trinajstić information content (AvgIpc) is 2.28. The minimum Gasteiger partial charge on any atom is -0.490 e. The average molecular weight is 250 g/mol. The van der Waals surface area contributed by atoms with Crippen LogP contribution in [0.3, 0.4) is 0 Å². The highest BCUT2D eigenvalue weighted by Crippen LogP contribution is 2.31. The lowest BCUT2D eigenvalue weighted by Crippen LogP contribution is -2.46. The van der Waals surface area contributed by atoms with Crippen LogP contribution in [0.4, 0.5) is 5.69 Å². The molecule has 0 aliphatic heterocycles. The Balaban J connectivity index is 1.99. The van der Waals surface area contributed by atoms with E-state index in [2.05, 4.69) is 12.2 Å². The highest BCUT2D eigenvalue weighted by atomic mass is 16.6. The first-order valence-electron chi connectivity index (χ1n) is 6.25. The molecule has 18 heavy (non-hydrogen) atoms. The summed E-state index contributed by atoms with van der Waals surface area (Å²) in [4.78, 5) is 10.4. The van der Waals surface area contributed by atoms with Crippen molar-refractivity contribution in [1.29, 1.82) is 0 Å². The quantitative estimate of drug-likeness (QED) is 0.644. The fourth-order valence-corrected chi connectivity index (χ4v) is 2.23. The van der Waals surface area contributed by atoms with Crippen LogP contribution in [0.15, 0.2) is 18.2 Å². The van der Waals surface area contributed by atoms with Gasteiger partial charge >= 0.3 is 0 Å². The summed E-state index contributed by atoms with van der Waals surface area (Å²) in [6, 6.07) is 5.49. The van der Waals surface area contributed by atoms with Crippen molar-refractivity contribution in [2.24, 2.45) is 0 Å². The zero-order valence-corrected chi connectivity index (χ0v) is 10.7. The zero-order chi connectivity index (χ0) is 13.1. The van der Waals surface area contributed by atoms with Gasteiger partial charge in [0, 0.05) is 12.1 Å². The van der Waals surface area contributed by atoms with E-state index in [1.165, 1.54) is 6.07 Å². The van der Waals surface area contributed by atoms with E-state index >= 15 is 0 Å². The second-order valence-corrected chi connectivity index (χ2v) is 4.62. The molecule has 0 radical (unpaired) electrons. The molecular weight excluding hydrogens is 232 g/mol. The largest absolute Gasteiger partial charge is 0.490 e. The van der Waals surface area contributed by atoms with E-state index in [0.717, 1.165) is 19.4 Å². The molecule has 1 aliphatic rings. The Bertz CT molecular complexity index is 442. The van der Waals surface area contributed by atoms with Crippen LogP contribution in [0, 0.1) is 17.0 Å². The molecule has 98 valence electrons. The summed E-state index contributed by atoms with van der Waals surface area (Å²) in [6.45, 7) is 4.78. The molecule has 0 spiro atoms. The van der Waals surface area contributed by atoms with Gasteiger partial charge in [-0.05, 0) is 32.4 Å². The van der Waals surface area contributed by atoms with Crippen LogP contribution in [0.25, 0.3) is 0 Å². The molecular formula is C13H18N2O3. The Morgan fingerprint density at radius 3 is 2.83 bits per heavy atom. The van der Waals surface area contributed by atoms with Crippen LogP contribution < -0.4 is 10.1 Å². The number of nitro benzene ring substituents is 1. The van der Waals surface area contributed by atoms with Gasteiger partial charge in [0.2, 0.25) is 0 Å². The maximum absolute atomic E-state index is 10.8. The first-order chi connectivity index (χ1) is 8.61. The van der Waals surface area contributed by atoms with Crippen molar-refractivity contribution in [3.63, 3.8) is 0 Å². The molecule has 5 heteroatoms. The molecule has 2 rings (SSSR count). The maximum atomic E-state index is 10.8. The van der Waals surface area contributed by atoms with Crippen molar-refractivity contribution in [3.05, 3.63) is 33.9 Å². The minimum absolute atomic E-state index is 0.120. The Kier molecular flexibility index (Phi) is 3.81. The molecule has 0 atom stereocenters. The van der Waals surface area contributed by atoms with Gasteiger partial charge in [0.05, 0.1) is 10.5 Å². The third-order valence-electron chi connectivity index (χ3n) is 3.33. The van der Waals surface area contributed by atoms with Crippen molar-refractivity contribution < 1.29 is 9.66 Å². The third kappa shape index (κ3) is 2.61. The second kappa shape index (κ2) is 5.35. The highest BCUT2D eigenvalue weighted by molar-refractivity contribution is 5.48. The number of nitrogens with one attached hydrogen (secondary N) is 1.